The molecule has 0 bridgehead atoms. The molecule has 0 spiro atoms. The Morgan fingerprint density at radius 2 is 1.96 bits per heavy atom. The van der Waals surface area contributed by atoms with E-state index < -0.39 is 6.36 Å². The number of hydrogen-bond acceptors (Lipinski definition) is 3. The molecule has 1 aliphatic heterocycles. The average Bonchev–Trinajstić information content (AvgIpc) is 2.54. The molecule has 9 heteroatoms. The zero-order valence-electron chi connectivity index (χ0n) is 14.9. The summed E-state index contributed by atoms with van der Waals surface area (Å²) in [5, 5.41) is 2.68. The highest BCUT2D eigenvalue weighted by Gasteiger charge is 2.32. The second-order valence-electron chi connectivity index (χ2n) is 6.46. The zero-order valence-corrected chi connectivity index (χ0v) is 17.3. The molecule has 1 heterocycles. The fourth-order valence-corrected chi connectivity index (χ4v) is 2.78. The van der Waals surface area contributed by atoms with Crippen molar-refractivity contribution in [2.24, 2.45) is 16.6 Å². The summed E-state index contributed by atoms with van der Waals surface area (Å²) in [5.74, 6) is 0.477. The summed E-state index contributed by atoms with van der Waals surface area (Å²) in [4.78, 5) is 6.61. The van der Waals surface area contributed by atoms with Crippen molar-refractivity contribution in [3.05, 3.63) is 24.3 Å². The highest BCUT2D eigenvalue weighted by atomic mass is 127. The van der Waals surface area contributed by atoms with E-state index >= 15 is 0 Å². The van der Waals surface area contributed by atoms with Gasteiger partial charge in [0, 0.05) is 6.04 Å². The molecule has 1 atom stereocenters. The van der Waals surface area contributed by atoms with Gasteiger partial charge in [-0.05, 0) is 50.9 Å². The molecule has 1 aromatic rings. The van der Waals surface area contributed by atoms with Gasteiger partial charge in [0.1, 0.15) is 0 Å². The predicted molar refractivity (Wildman–Crippen MR) is 108 cm³/mol. The molecule has 5 nitrogen and oxygen atoms in total. The van der Waals surface area contributed by atoms with E-state index in [2.05, 4.69) is 33.8 Å². The van der Waals surface area contributed by atoms with E-state index in [-0.39, 0.29) is 47.4 Å². The second kappa shape index (κ2) is 10.2. The molecule has 26 heavy (non-hydrogen) atoms. The predicted octanol–water partition coefficient (Wildman–Crippen LogP) is 4.05. The number of likely N-dealkylation sites (tertiary alicyclic amines) is 1. The summed E-state index contributed by atoms with van der Waals surface area (Å²) in [6.07, 6.45) is -2.42. The summed E-state index contributed by atoms with van der Waals surface area (Å²) in [7, 11) is 0. The Morgan fingerprint density at radius 1 is 1.35 bits per heavy atom. The van der Waals surface area contributed by atoms with Crippen LogP contribution in [0.25, 0.3) is 0 Å². The average molecular weight is 486 g/mol. The topological polar surface area (TPSA) is 62.9 Å². The van der Waals surface area contributed by atoms with Crippen LogP contribution in [0.5, 0.6) is 5.75 Å². The summed E-state index contributed by atoms with van der Waals surface area (Å²) < 4.78 is 41.3. The van der Waals surface area contributed by atoms with Gasteiger partial charge in [-0.25, -0.2) is 0 Å². The van der Waals surface area contributed by atoms with Crippen molar-refractivity contribution < 1.29 is 17.9 Å². The van der Waals surface area contributed by atoms with Gasteiger partial charge < -0.3 is 15.8 Å². The fraction of sp³-hybridized carbons (Fsp3) is 0.588. The van der Waals surface area contributed by atoms with E-state index in [4.69, 9.17) is 5.73 Å². The van der Waals surface area contributed by atoms with Gasteiger partial charge in [-0.3, -0.25) is 9.89 Å². The first-order chi connectivity index (χ1) is 11.7. The van der Waals surface area contributed by atoms with Crippen molar-refractivity contribution in [1.82, 2.24) is 4.90 Å². The van der Waals surface area contributed by atoms with Crippen LogP contribution in [0.15, 0.2) is 29.3 Å². The largest absolute Gasteiger partial charge is 0.573 e. The lowest BCUT2D eigenvalue weighted by Crippen LogP contribution is -2.41. The number of nitrogens with one attached hydrogen (secondary N) is 1. The first-order valence-electron chi connectivity index (χ1n) is 8.40. The SMILES string of the molecule is CC1CCN(C(C)CN=C(N)Nc2ccccc2OC(F)(F)F)CC1.I. The van der Waals surface area contributed by atoms with Crippen molar-refractivity contribution in [2.45, 2.75) is 39.1 Å². The zero-order chi connectivity index (χ0) is 18.4. The quantitative estimate of drug-likeness (QED) is 0.375. The Labute approximate surface area is 169 Å². The Bertz CT molecular complexity index is 590. The van der Waals surface area contributed by atoms with Gasteiger partial charge in [-0.15, -0.1) is 37.1 Å². The maximum atomic E-state index is 12.4. The number of piperidine rings is 1. The maximum absolute atomic E-state index is 12.4. The molecule has 1 unspecified atom stereocenters. The van der Waals surface area contributed by atoms with Gasteiger partial charge in [0.25, 0.3) is 0 Å². The molecule has 1 fully saturated rings. The number of nitrogens with zero attached hydrogens (tertiary/aromatic N) is 2. The molecule has 0 radical (unpaired) electrons. The van der Waals surface area contributed by atoms with Crippen LogP contribution in [0.2, 0.25) is 0 Å². The van der Waals surface area contributed by atoms with Crippen molar-refractivity contribution in [3.8, 4) is 5.75 Å². The summed E-state index contributed by atoms with van der Waals surface area (Å²) >= 11 is 0. The van der Waals surface area contributed by atoms with Crippen LogP contribution in [-0.4, -0.2) is 42.9 Å². The molecule has 2 rings (SSSR count). The molecule has 3 N–H and O–H groups in total. The lowest BCUT2D eigenvalue weighted by molar-refractivity contribution is -0.274. The number of anilines is 1. The Balaban J connectivity index is 0.00000338. The molecule has 0 aliphatic carbocycles. The van der Waals surface area contributed by atoms with Crippen molar-refractivity contribution >= 4 is 35.6 Å². The molecule has 1 aliphatic rings. The maximum Gasteiger partial charge on any atom is 0.573 e. The molecule has 0 amide bonds. The minimum absolute atomic E-state index is 0. The normalized spacial score (nSPS) is 18.1. The number of nitrogens with two attached hydrogens (primary N) is 1. The Kier molecular flexibility index (Phi) is 8.94. The molecule has 148 valence electrons. The fourth-order valence-electron chi connectivity index (χ4n) is 2.78. The van der Waals surface area contributed by atoms with Crippen LogP contribution in [-0.2, 0) is 0 Å². The number of guanidine groups is 1. The third-order valence-electron chi connectivity index (χ3n) is 4.34. The third-order valence-corrected chi connectivity index (χ3v) is 4.34. The van der Waals surface area contributed by atoms with E-state index in [9.17, 15) is 13.2 Å². The van der Waals surface area contributed by atoms with E-state index in [1.165, 1.54) is 31.0 Å². The standard InChI is InChI=1S/C17H25F3N4O.HI/c1-12-7-9-24(10-8-12)13(2)11-22-16(21)23-14-5-3-4-6-15(14)25-17(18,19)20;/h3-6,12-13H,7-11H2,1-2H3,(H3,21,22,23);1H. The lowest BCUT2D eigenvalue weighted by atomic mass is 9.98. The first-order valence-corrected chi connectivity index (χ1v) is 8.40. The highest BCUT2D eigenvalue weighted by Crippen LogP contribution is 2.29. The third kappa shape index (κ3) is 7.56. The highest BCUT2D eigenvalue weighted by molar-refractivity contribution is 14.0. The number of halogens is 4. The molecule has 0 aromatic heterocycles. The molecule has 1 aromatic carbocycles. The van der Waals surface area contributed by atoms with Crippen LogP contribution in [0.4, 0.5) is 18.9 Å². The molecule has 0 saturated carbocycles. The smallest absolute Gasteiger partial charge is 0.404 e. The summed E-state index contributed by atoms with van der Waals surface area (Å²) in [6.45, 7) is 6.88. The van der Waals surface area contributed by atoms with Gasteiger partial charge in [0.2, 0.25) is 0 Å². The number of aliphatic imine (C=N–C) groups is 1. The number of ether oxygens (including phenoxy) is 1. The number of rotatable bonds is 5. The number of benzene rings is 1. The van der Waals surface area contributed by atoms with E-state index in [0.717, 1.165) is 19.0 Å². The van der Waals surface area contributed by atoms with Crippen LogP contribution < -0.4 is 15.8 Å². The van der Waals surface area contributed by atoms with Crippen molar-refractivity contribution in [2.75, 3.05) is 25.0 Å². The monoisotopic (exact) mass is 486 g/mol. The van der Waals surface area contributed by atoms with Crippen LogP contribution >= 0.6 is 24.0 Å². The van der Waals surface area contributed by atoms with Gasteiger partial charge in [-0.1, -0.05) is 19.1 Å². The Hall–Kier alpha value is -1.23. The van der Waals surface area contributed by atoms with Crippen LogP contribution in [0, 0.1) is 5.92 Å². The Morgan fingerprint density at radius 3 is 2.58 bits per heavy atom. The summed E-state index contributed by atoms with van der Waals surface area (Å²) in [6, 6.07) is 5.96. The number of alkyl halides is 3. The van der Waals surface area contributed by atoms with Crippen molar-refractivity contribution in [3.63, 3.8) is 0 Å². The number of hydrogen-bond donors (Lipinski definition) is 2. The van der Waals surface area contributed by atoms with Crippen molar-refractivity contribution in [1.29, 1.82) is 0 Å². The minimum atomic E-state index is -4.76. The van der Waals surface area contributed by atoms with E-state index in [0.29, 0.717) is 6.54 Å². The van der Waals surface area contributed by atoms with E-state index in [1.807, 2.05) is 0 Å². The van der Waals surface area contributed by atoms with Crippen LogP contribution in [0.3, 0.4) is 0 Å². The first kappa shape index (κ1) is 22.8. The molecular weight excluding hydrogens is 460 g/mol. The second-order valence-corrected chi connectivity index (χ2v) is 6.46. The molecular formula is C17H26F3IN4O. The van der Waals surface area contributed by atoms with E-state index in [1.54, 1.807) is 6.07 Å². The van der Waals surface area contributed by atoms with Gasteiger partial charge in [-0.2, -0.15) is 0 Å². The molecule has 1 saturated heterocycles. The van der Waals surface area contributed by atoms with Crippen LogP contribution in [0.1, 0.15) is 26.7 Å². The van der Waals surface area contributed by atoms with Gasteiger partial charge >= 0.3 is 6.36 Å². The van der Waals surface area contributed by atoms with Gasteiger partial charge in [0.15, 0.2) is 11.7 Å². The summed E-state index contributed by atoms with van der Waals surface area (Å²) in [5.41, 5.74) is 5.95. The van der Waals surface area contributed by atoms with Gasteiger partial charge in [0.05, 0.1) is 12.2 Å². The number of para-hydroxylation sites is 2. The lowest BCUT2D eigenvalue weighted by Gasteiger charge is -2.34. The minimum Gasteiger partial charge on any atom is -0.404 e.